The van der Waals surface area contributed by atoms with E-state index in [0.717, 1.165) is 24.0 Å². The number of pyridine rings is 1. The number of fused-ring (bicyclic) bond motifs is 1. The number of benzene rings is 3. The van der Waals surface area contributed by atoms with Gasteiger partial charge in [0.1, 0.15) is 11.3 Å². The Labute approximate surface area is 192 Å². The van der Waals surface area contributed by atoms with Crippen LogP contribution in [-0.2, 0) is 11.2 Å². The number of phenols is 1. The fourth-order valence-electron chi connectivity index (χ4n) is 3.86. The molecule has 0 fully saturated rings. The Morgan fingerprint density at radius 1 is 1.06 bits per heavy atom. The number of aromatic hydroxyl groups is 1. The molecule has 0 saturated carbocycles. The van der Waals surface area contributed by atoms with Crippen LogP contribution in [0.4, 0.5) is 0 Å². The predicted molar refractivity (Wildman–Crippen MR) is 129 cm³/mol. The minimum atomic E-state index is -0.538. The van der Waals surface area contributed by atoms with E-state index in [1.165, 1.54) is 5.56 Å². The molecule has 3 aromatic carbocycles. The van der Waals surface area contributed by atoms with E-state index in [-0.39, 0.29) is 11.7 Å². The zero-order chi connectivity index (χ0) is 22.5. The molecule has 1 heterocycles. The van der Waals surface area contributed by atoms with Crippen molar-refractivity contribution in [1.29, 1.82) is 0 Å². The van der Waals surface area contributed by atoms with Crippen molar-refractivity contribution in [1.82, 2.24) is 10.3 Å². The molecule has 0 spiro atoms. The SMILES string of the molecule is Cc1ccc(C(NC(=O)CCCc2ccccc2)c2cc(Cl)c3cccnc3c2O)cc1. The number of phenolic OH excluding ortho intramolecular Hbond substituents is 1. The molecule has 0 aliphatic carbocycles. The molecule has 32 heavy (non-hydrogen) atoms. The first kappa shape index (κ1) is 21.8. The first-order valence-electron chi connectivity index (χ1n) is 10.7. The van der Waals surface area contributed by atoms with Gasteiger partial charge in [0.15, 0.2) is 0 Å². The highest BCUT2D eigenvalue weighted by Gasteiger charge is 2.23. The minimum Gasteiger partial charge on any atom is -0.505 e. The maximum Gasteiger partial charge on any atom is 0.220 e. The number of rotatable bonds is 7. The molecule has 0 saturated heterocycles. The van der Waals surface area contributed by atoms with Crippen molar-refractivity contribution in [2.75, 3.05) is 0 Å². The summed E-state index contributed by atoms with van der Waals surface area (Å²) in [7, 11) is 0. The molecule has 0 radical (unpaired) electrons. The van der Waals surface area contributed by atoms with Crippen molar-refractivity contribution in [3.8, 4) is 5.75 Å². The third-order valence-corrected chi connectivity index (χ3v) is 5.90. The molecule has 4 rings (SSSR count). The Hall–Kier alpha value is -3.37. The molecule has 162 valence electrons. The summed E-state index contributed by atoms with van der Waals surface area (Å²) in [5.41, 5.74) is 4.14. The molecule has 4 nitrogen and oxygen atoms in total. The maximum absolute atomic E-state index is 12.9. The van der Waals surface area contributed by atoms with Crippen LogP contribution in [0.2, 0.25) is 5.02 Å². The van der Waals surface area contributed by atoms with Crippen LogP contribution in [-0.4, -0.2) is 16.0 Å². The van der Waals surface area contributed by atoms with Crippen LogP contribution in [0, 0.1) is 6.92 Å². The largest absolute Gasteiger partial charge is 0.505 e. The van der Waals surface area contributed by atoms with Crippen molar-refractivity contribution < 1.29 is 9.90 Å². The highest BCUT2D eigenvalue weighted by molar-refractivity contribution is 6.35. The van der Waals surface area contributed by atoms with Crippen LogP contribution in [0.25, 0.3) is 10.9 Å². The Morgan fingerprint density at radius 2 is 1.81 bits per heavy atom. The molecular formula is C27H25ClN2O2. The number of halogens is 1. The van der Waals surface area contributed by atoms with Crippen LogP contribution < -0.4 is 5.32 Å². The molecule has 0 aliphatic rings. The second-order valence-corrected chi connectivity index (χ2v) is 8.35. The van der Waals surface area contributed by atoms with Crippen LogP contribution >= 0.6 is 11.6 Å². The van der Waals surface area contributed by atoms with Gasteiger partial charge in [0.2, 0.25) is 5.91 Å². The number of amides is 1. The molecular weight excluding hydrogens is 420 g/mol. The lowest BCUT2D eigenvalue weighted by atomic mass is 9.95. The second-order valence-electron chi connectivity index (χ2n) is 7.95. The van der Waals surface area contributed by atoms with Gasteiger partial charge in [0.05, 0.1) is 11.1 Å². The molecule has 2 N–H and O–H groups in total. The van der Waals surface area contributed by atoms with E-state index in [1.807, 2.05) is 55.5 Å². The van der Waals surface area contributed by atoms with Gasteiger partial charge >= 0.3 is 0 Å². The van der Waals surface area contributed by atoms with Gasteiger partial charge in [-0.3, -0.25) is 9.78 Å². The van der Waals surface area contributed by atoms with Crippen molar-refractivity contribution in [3.63, 3.8) is 0 Å². The average molecular weight is 445 g/mol. The monoisotopic (exact) mass is 444 g/mol. The standard InChI is InChI=1S/C27H25ClN2O2/c1-18-12-14-20(15-13-18)25(30-24(31)11-5-9-19-7-3-2-4-8-19)22-17-23(28)21-10-6-16-29-26(21)27(22)32/h2-4,6-8,10,12-17,25,32H,5,9,11H2,1H3,(H,30,31). The molecule has 0 aliphatic heterocycles. The first-order chi connectivity index (χ1) is 15.5. The summed E-state index contributed by atoms with van der Waals surface area (Å²) in [5, 5.41) is 15.3. The van der Waals surface area contributed by atoms with E-state index >= 15 is 0 Å². The molecule has 5 heteroatoms. The summed E-state index contributed by atoms with van der Waals surface area (Å²) >= 11 is 6.52. The number of aryl methyl sites for hydroxylation is 2. The van der Waals surface area contributed by atoms with Gasteiger partial charge < -0.3 is 10.4 Å². The quantitative estimate of drug-likeness (QED) is 0.360. The van der Waals surface area contributed by atoms with Crippen molar-refractivity contribution in [2.24, 2.45) is 0 Å². The summed E-state index contributed by atoms with van der Waals surface area (Å²) in [5.74, 6) is -0.0525. The highest BCUT2D eigenvalue weighted by Crippen LogP contribution is 2.38. The van der Waals surface area contributed by atoms with Crippen molar-refractivity contribution >= 4 is 28.4 Å². The van der Waals surface area contributed by atoms with E-state index in [2.05, 4.69) is 22.4 Å². The van der Waals surface area contributed by atoms with Crippen LogP contribution in [0.15, 0.2) is 79.0 Å². The van der Waals surface area contributed by atoms with Gasteiger partial charge in [0.25, 0.3) is 0 Å². The van der Waals surface area contributed by atoms with Gasteiger partial charge in [-0.1, -0.05) is 71.8 Å². The third kappa shape index (κ3) is 4.92. The zero-order valence-corrected chi connectivity index (χ0v) is 18.6. The molecule has 1 atom stereocenters. The number of nitrogens with one attached hydrogen (secondary N) is 1. The summed E-state index contributed by atoms with van der Waals surface area (Å²) in [6, 6.07) is 22.8. The molecule has 1 unspecified atom stereocenters. The Morgan fingerprint density at radius 3 is 2.56 bits per heavy atom. The zero-order valence-electron chi connectivity index (χ0n) is 17.9. The number of hydrogen-bond donors (Lipinski definition) is 2. The second kappa shape index (κ2) is 9.84. The number of aromatic nitrogens is 1. The van der Waals surface area contributed by atoms with Crippen LogP contribution in [0.5, 0.6) is 5.75 Å². The van der Waals surface area contributed by atoms with E-state index in [4.69, 9.17) is 11.6 Å². The predicted octanol–water partition coefficient (Wildman–Crippen LogP) is 6.13. The normalized spacial score (nSPS) is 11.9. The summed E-state index contributed by atoms with van der Waals surface area (Å²) < 4.78 is 0. The van der Waals surface area contributed by atoms with E-state index in [0.29, 0.717) is 27.9 Å². The maximum atomic E-state index is 12.9. The van der Waals surface area contributed by atoms with Gasteiger partial charge in [-0.15, -0.1) is 0 Å². The lowest BCUT2D eigenvalue weighted by Crippen LogP contribution is -2.29. The Balaban J connectivity index is 1.61. The van der Waals surface area contributed by atoms with Gasteiger partial charge in [-0.05, 0) is 49.1 Å². The number of carbonyl (C=O) groups excluding carboxylic acids is 1. The Bertz CT molecular complexity index is 1220. The lowest BCUT2D eigenvalue weighted by Gasteiger charge is -2.22. The van der Waals surface area contributed by atoms with Crippen molar-refractivity contribution in [3.05, 3.63) is 106 Å². The number of nitrogens with zero attached hydrogens (tertiary/aromatic N) is 1. The highest BCUT2D eigenvalue weighted by atomic mass is 35.5. The molecule has 1 amide bonds. The van der Waals surface area contributed by atoms with Crippen molar-refractivity contribution in [2.45, 2.75) is 32.2 Å². The lowest BCUT2D eigenvalue weighted by molar-refractivity contribution is -0.121. The smallest absolute Gasteiger partial charge is 0.220 e. The summed E-state index contributed by atoms with van der Waals surface area (Å²) in [6.07, 6.45) is 3.58. The van der Waals surface area contributed by atoms with E-state index in [1.54, 1.807) is 18.3 Å². The third-order valence-electron chi connectivity index (χ3n) is 5.58. The van der Waals surface area contributed by atoms with E-state index < -0.39 is 6.04 Å². The number of carbonyl (C=O) groups is 1. The summed E-state index contributed by atoms with van der Waals surface area (Å²) in [4.78, 5) is 17.2. The minimum absolute atomic E-state index is 0.0279. The molecule has 4 aromatic rings. The van der Waals surface area contributed by atoms with Gasteiger partial charge in [-0.25, -0.2) is 0 Å². The summed E-state index contributed by atoms with van der Waals surface area (Å²) in [6.45, 7) is 2.01. The Kier molecular flexibility index (Phi) is 6.72. The molecule has 1 aromatic heterocycles. The van der Waals surface area contributed by atoms with Crippen LogP contribution in [0.1, 0.15) is 41.1 Å². The fraction of sp³-hybridized carbons (Fsp3) is 0.185. The van der Waals surface area contributed by atoms with Crippen LogP contribution in [0.3, 0.4) is 0 Å². The fourth-order valence-corrected chi connectivity index (χ4v) is 4.13. The van der Waals surface area contributed by atoms with E-state index in [9.17, 15) is 9.90 Å². The van der Waals surface area contributed by atoms with Gasteiger partial charge in [0, 0.05) is 23.6 Å². The molecule has 0 bridgehead atoms. The average Bonchev–Trinajstić information content (AvgIpc) is 2.81. The first-order valence-corrected chi connectivity index (χ1v) is 11.1. The topological polar surface area (TPSA) is 62.2 Å². The number of hydrogen-bond acceptors (Lipinski definition) is 3. The van der Waals surface area contributed by atoms with Gasteiger partial charge in [-0.2, -0.15) is 0 Å².